The van der Waals surface area contributed by atoms with Crippen molar-refractivity contribution >= 4 is 10.1 Å². The van der Waals surface area contributed by atoms with Gasteiger partial charge in [0.1, 0.15) is 0 Å². The maximum Gasteiger partial charge on any atom is 0.265 e. The molecule has 2 unspecified atom stereocenters. The second kappa shape index (κ2) is 2.96. The van der Waals surface area contributed by atoms with Crippen LogP contribution in [-0.4, -0.2) is 29.9 Å². The summed E-state index contributed by atoms with van der Waals surface area (Å²) in [5.74, 6) is 0.0826. The molecule has 0 saturated heterocycles. The Balaban J connectivity index is 2.40. The Bertz CT molecular complexity index is 373. The molecule has 2 bridgehead atoms. The van der Waals surface area contributed by atoms with E-state index in [0.29, 0.717) is 18.8 Å². The van der Waals surface area contributed by atoms with Crippen LogP contribution in [-0.2, 0) is 10.1 Å². The maximum atomic E-state index is 11.0. The first-order valence-corrected chi connectivity index (χ1v) is 6.93. The minimum absolute atomic E-state index is 0.192. The van der Waals surface area contributed by atoms with E-state index in [2.05, 4.69) is 0 Å². The number of fused-ring (bicyclic) bond motifs is 2. The van der Waals surface area contributed by atoms with E-state index >= 15 is 0 Å². The molecule has 0 radical (unpaired) electrons. The molecule has 2 fully saturated rings. The molecule has 15 heavy (non-hydrogen) atoms. The summed E-state index contributed by atoms with van der Waals surface area (Å²) in [6.45, 7) is 4.01. The highest BCUT2D eigenvalue weighted by molar-refractivity contribution is 7.85. The largest absolute Gasteiger partial charge is 0.392 e. The molecule has 0 amide bonds. The lowest BCUT2D eigenvalue weighted by molar-refractivity contribution is 0.0142. The molecule has 88 valence electrons. The summed E-state index contributed by atoms with van der Waals surface area (Å²) in [6.07, 6.45) is 1.74. The van der Waals surface area contributed by atoms with Crippen molar-refractivity contribution in [2.24, 2.45) is 16.7 Å². The molecule has 2 aliphatic carbocycles. The van der Waals surface area contributed by atoms with Crippen molar-refractivity contribution in [3.63, 3.8) is 0 Å². The van der Waals surface area contributed by atoms with Crippen LogP contribution in [0.25, 0.3) is 0 Å². The Hall–Kier alpha value is -0.130. The van der Waals surface area contributed by atoms with Gasteiger partial charge in [0.05, 0.1) is 11.9 Å². The molecule has 0 spiro atoms. The minimum Gasteiger partial charge on any atom is -0.392 e. The second-order valence-electron chi connectivity index (χ2n) is 5.59. The topological polar surface area (TPSA) is 74.6 Å². The molecule has 0 aliphatic heterocycles. The van der Waals surface area contributed by atoms with Gasteiger partial charge in [-0.3, -0.25) is 4.55 Å². The first-order valence-electron chi connectivity index (χ1n) is 5.32. The van der Waals surface area contributed by atoms with E-state index in [1.807, 2.05) is 13.8 Å². The van der Waals surface area contributed by atoms with Gasteiger partial charge in [0, 0.05) is 5.41 Å². The number of rotatable bonds is 2. The van der Waals surface area contributed by atoms with Crippen molar-refractivity contribution in [2.45, 2.75) is 39.2 Å². The molecule has 2 aliphatic rings. The van der Waals surface area contributed by atoms with E-state index < -0.39 is 21.6 Å². The standard InChI is InChI=1S/C10H18O4S/c1-9(2)7-3-4-10(9,8(11)5-7)6-15(12,13)14/h7-8,11H,3-6H2,1-2H3,(H,12,13,14)/t7?,8?,10-/m1/s1. The molecule has 0 aromatic carbocycles. The smallest absolute Gasteiger partial charge is 0.265 e. The highest BCUT2D eigenvalue weighted by Crippen LogP contribution is 2.65. The van der Waals surface area contributed by atoms with Crippen molar-refractivity contribution in [2.75, 3.05) is 5.75 Å². The Labute approximate surface area is 90.4 Å². The molecular formula is C10H18O4S. The highest BCUT2D eigenvalue weighted by atomic mass is 32.2. The molecule has 2 N–H and O–H groups in total. The summed E-state index contributed by atoms with van der Waals surface area (Å²) in [6, 6.07) is 0. The fourth-order valence-corrected chi connectivity index (χ4v) is 5.06. The zero-order valence-electron chi connectivity index (χ0n) is 9.10. The molecule has 3 atom stereocenters. The molecule has 0 heterocycles. The molecule has 5 heteroatoms. The third kappa shape index (κ3) is 1.44. The zero-order chi connectivity index (χ0) is 11.5. The van der Waals surface area contributed by atoms with Crippen LogP contribution in [0, 0.1) is 16.7 Å². The van der Waals surface area contributed by atoms with Crippen LogP contribution in [0.2, 0.25) is 0 Å². The van der Waals surface area contributed by atoms with Crippen molar-refractivity contribution < 1.29 is 18.1 Å². The Morgan fingerprint density at radius 3 is 2.33 bits per heavy atom. The van der Waals surface area contributed by atoms with Crippen molar-refractivity contribution in [1.82, 2.24) is 0 Å². The van der Waals surface area contributed by atoms with Crippen molar-refractivity contribution in [1.29, 1.82) is 0 Å². The van der Waals surface area contributed by atoms with E-state index in [-0.39, 0.29) is 11.2 Å². The summed E-state index contributed by atoms with van der Waals surface area (Å²) in [5.41, 5.74) is -0.826. The van der Waals surface area contributed by atoms with Gasteiger partial charge in [-0.05, 0) is 30.6 Å². The average molecular weight is 234 g/mol. The summed E-state index contributed by atoms with van der Waals surface area (Å²) in [7, 11) is -4.02. The van der Waals surface area contributed by atoms with Gasteiger partial charge < -0.3 is 5.11 Å². The van der Waals surface area contributed by atoms with Crippen LogP contribution in [0.4, 0.5) is 0 Å². The quantitative estimate of drug-likeness (QED) is 0.701. The van der Waals surface area contributed by atoms with E-state index in [0.717, 1.165) is 6.42 Å². The predicted molar refractivity (Wildman–Crippen MR) is 56.0 cm³/mol. The molecule has 2 saturated carbocycles. The van der Waals surface area contributed by atoms with Crippen LogP contribution in [0.5, 0.6) is 0 Å². The van der Waals surface area contributed by atoms with Crippen LogP contribution < -0.4 is 0 Å². The third-order valence-corrected chi connectivity index (χ3v) is 5.71. The second-order valence-corrected chi connectivity index (χ2v) is 7.04. The number of aliphatic hydroxyl groups excluding tert-OH is 1. The van der Waals surface area contributed by atoms with E-state index in [9.17, 15) is 13.5 Å². The minimum atomic E-state index is -4.02. The molecule has 4 nitrogen and oxygen atoms in total. The third-order valence-electron chi connectivity index (χ3n) is 4.83. The Morgan fingerprint density at radius 1 is 1.40 bits per heavy atom. The zero-order valence-corrected chi connectivity index (χ0v) is 9.92. The normalized spacial score (nSPS) is 43.5. The van der Waals surface area contributed by atoms with Gasteiger partial charge in [0.15, 0.2) is 0 Å². The molecule has 0 aromatic heterocycles. The molecule has 2 rings (SSSR count). The average Bonchev–Trinajstić information content (AvgIpc) is 2.34. The fourth-order valence-electron chi connectivity index (χ4n) is 3.70. The lowest BCUT2D eigenvalue weighted by atomic mass is 9.70. The van der Waals surface area contributed by atoms with Crippen LogP contribution in [0.1, 0.15) is 33.1 Å². The lowest BCUT2D eigenvalue weighted by Gasteiger charge is -2.39. The molecule has 0 aromatic rings. The SMILES string of the molecule is CC1(C)C2CC[C@@]1(CS(=O)(=O)O)C(O)C2. The summed E-state index contributed by atoms with van der Waals surface area (Å²) in [4.78, 5) is 0. The van der Waals surface area contributed by atoms with Gasteiger partial charge in [0.2, 0.25) is 0 Å². The number of aliphatic hydroxyl groups is 1. The van der Waals surface area contributed by atoms with Crippen molar-refractivity contribution in [3.05, 3.63) is 0 Å². The number of hydrogen-bond donors (Lipinski definition) is 2. The monoisotopic (exact) mass is 234 g/mol. The number of hydrogen-bond acceptors (Lipinski definition) is 3. The first-order chi connectivity index (χ1) is 6.69. The highest BCUT2D eigenvalue weighted by Gasteiger charge is 2.64. The Morgan fingerprint density at radius 2 is 2.00 bits per heavy atom. The van der Waals surface area contributed by atoms with Gasteiger partial charge in [-0.1, -0.05) is 13.8 Å². The van der Waals surface area contributed by atoms with Crippen molar-refractivity contribution in [3.8, 4) is 0 Å². The van der Waals surface area contributed by atoms with Gasteiger partial charge in [-0.25, -0.2) is 0 Å². The van der Waals surface area contributed by atoms with Gasteiger partial charge in [-0.2, -0.15) is 8.42 Å². The maximum absolute atomic E-state index is 11.0. The summed E-state index contributed by atoms with van der Waals surface area (Å²) in [5, 5.41) is 9.99. The van der Waals surface area contributed by atoms with Gasteiger partial charge >= 0.3 is 0 Å². The summed E-state index contributed by atoms with van der Waals surface area (Å²) < 4.78 is 31.1. The molecular weight excluding hydrogens is 216 g/mol. The van der Waals surface area contributed by atoms with Gasteiger partial charge in [-0.15, -0.1) is 0 Å². The van der Waals surface area contributed by atoms with E-state index in [1.165, 1.54) is 0 Å². The first kappa shape index (κ1) is 11.4. The summed E-state index contributed by atoms with van der Waals surface area (Å²) >= 11 is 0. The Kier molecular flexibility index (Phi) is 2.24. The predicted octanol–water partition coefficient (Wildman–Crippen LogP) is 1.06. The van der Waals surface area contributed by atoms with E-state index in [1.54, 1.807) is 0 Å². The van der Waals surface area contributed by atoms with Gasteiger partial charge in [0.25, 0.3) is 10.1 Å². The van der Waals surface area contributed by atoms with Crippen LogP contribution >= 0.6 is 0 Å². The van der Waals surface area contributed by atoms with Crippen LogP contribution in [0.15, 0.2) is 0 Å². The fraction of sp³-hybridized carbons (Fsp3) is 1.00. The lowest BCUT2D eigenvalue weighted by Crippen LogP contribution is -2.44. The van der Waals surface area contributed by atoms with E-state index in [4.69, 9.17) is 4.55 Å². The van der Waals surface area contributed by atoms with Crippen LogP contribution in [0.3, 0.4) is 0 Å².